The molecule has 0 radical (unpaired) electrons. The van der Waals surface area contributed by atoms with Crippen LogP contribution in [0.25, 0.3) is 0 Å². The summed E-state index contributed by atoms with van der Waals surface area (Å²) in [5, 5.41) is 2.78. The first-order valence-corrected chi connectivity index (χ1v) is 8.41. The van der Waals surface area contributed by atoms with Crippen molar-refractivity contribution in [2.24, 2.45) is 0 Å². The lowest BCUT2D eigenvalue weighted by Crippen LogP contribution is -2.32. The highest BCUT2D eigenvalue weighted by atomic mass is 16.5. The van der Waals surface area contributed by atoms with E-state index in [1.807, 2.05) is 51.1 Å². The summed E-state index contributed by atoms with van der Waals surface area (Å²) >= 11 is 0. The number of aryl methyl sites for hydroxylation is 2. The van der Waals surface area contributed by atoms with E-state index in [2.05, 4.69) is 11.4 Å². The zero-order valence-corrected chi connectivity index (χ0v) is 15.0. The molecule has 1 amide bonds. The van der Waals surface area contributed by atoms with Gasteiger partial charge in [-0.25, -0.2) is 0 Å². The molecule has 134 valence electrons. The van der Waals surface area contributed by atoms with Crippen LogP contribution in [0.1, 0.15) is 18.1 Å². The van der Waals surface area contributed by atoms with Crippen molar-refractivity contribution in [3.05, 3.63) is 53.6 Å². The first kappa shape index (κ1) is 18.6. The van der Waals surface area contributed by atoms with E-state index in [9.17, 15) is 4.79 Å². The van der Waals surface area contributed by atoms with E-state index in [0.29, 0.717) is 31.3 Å². The van der Waals surface area contributed by atoms with Gasteiger partial charge in [-0.05, 0) is 44.5 Å². The van der Waals surface area contributed by atoms with Crippen LogP contribution in [-0.2, 0) is 4.79 Å². The van der Waals surface area contributed by atoms with Gasteiger partial charge in [0, 0.05) is 0 Å². The summed E-state index contributed by atoms with van der Waals surface area (Å²) in [6.45, 7) is 7.26. The fourth-order valence-corrected chi connectivity index (χ4v) is 2.35. The topological polar surface area (TPSA) is 56.8 Å². The monoisotopic (exact) mass is 343 g/mol. The maximum Gasteiger partial charge on any atom is 0.258 e. The second-order valence-corrected chi connectivity index (χ2v) is 5.64. The highest BCUT2D eigenvalue weighted by Gasteiger charge is 2.07. The predicted octanol–water partition coefficient (Wildman–Crippen LogP) is 3.28. The van der Waals surface area contributed by atoms with Crippen LogP contribution in [0.5, 0.6) is 17.2 Å². The zero-order chi connectivity index (χ0) is 18.1. The molecule has 0 fully saturated rings. The molecule has 0 heterocycles. The number of para-hydroxylation sites is 2. The predicted molar refractivity (Wildman–Crippen MR) is 97.5 cm³/mol. The minimum atomic E-state index is -0.199. The van der Waals surface area contributed by atoms with Crippen LogP contribution in [0.2, 0.25) is 0 Å². The van der Waals surface area contributed by atoms with Gasteiger partial charge < -0.3 is 19.5 Å². The first-order chi connectivity index (χ1) is 12.1. The summed E-state index contributed by atoms with van der Waals surface area (Å²) in [7, 11) is 0. The number of ether oxygens (including phenoxy) is 3. The third-order valence-corrected chi connectivity index (χ3v) is 3.52. The molecule has 2 rings (SSSR count). The van der Waals surface area contributed by atoms with Crippen LogP contribution in [0.4, 0.5) is 0 Å². The Morgan fingerprint density at radius 2 is 1.68 bits per heavy atom. The van der Waals surface area contributed by atoms with Gasteiger partial charge in [0.25, 0.3) is 5.91 Å². The van der Waals surface area contributed by atoms with Gasteiger partial charge in [0.1, 0.15) is 12.4 Å². The maximum atomic E-state index is 11.9. The molecule has 0 saturated heterocycles. The Bertz CT molecular complexity index is 700. The molecule has 0 bridgehead atoms. The number of rotatable bonds is 9. The van der Waals surface area contributed by atoms with E-state index in [1.165, 1.54) is 5.56 Å². The van der Waals surface area contributed by atoms with E-state index in [-0.39, 0.29) is 12.5 Å². The highest BCUT2D eigenvalue weighted by Crippen LogP contribution is 2.26. The Morgan fingerprint density at radius 3 is 2.36 bits per heavy atom. The van der Waals surface area contributed by atoms with Gasteiger partial charge in [0.05, 0.1) is 13.2 Å². The molecule has 0 atom stereocenters. The van der Waals surface area contributed by atoms with Gasteiger partial charge in [-0.15, -0.1) is 0 Å². The Kier molecular flexibility index (Phi) is 7.14. The maximum absolute atomic E-state index is 11.9. The molecule has 0 aliphatic rings. The fraction of sp³-hybridized carbons (Fsp3) is 0.350. The van der Waals surface area contributed by atoms with Gasteiger partial charge in [-0.2, -0.15) is 0 Å². The Labute approximate surface area is 148 Å². The van der Waals surface area contributed by atoms with Crippen molar-refractivity contribution >= 4 is 5.91 Å². The molecule has 5 nitrogen and oxygen atoms in total. The number of carbonyl (C=O) groups excluding carboxylic acids is 1. The third-order valence-electron chi connectivity index (χ3n) is 3.52. The second kappa shape index (κ2) is 9.57. The molecule has 0 aromatic heterocycles. The number of carbonyl (C=O) groups is 1. The standard InChI is InChI=1S/C20H25NO4/c1-4-23-18-7-5-6-8-19(18)25-14-20(22)21-11-12-24-17-10-9-15(2)13-16(17)3/h5-10,13H,4,11-12,14H2,1-3H3,(H,21,22). The quantitative estimate of drug-likeness (QED) is 0.710. The molecule has 0 aliphatic carbocycles. The molecule has 5 heteroatoms. The average Bonchev–Trinajstić information content (AvgIpc) is 2.60. The van der Waals surface area contributed by atoms with E-state index in [1.54, 1.807) is 6.07 Å². The second-order valence-electron chi connectivity index (χ2n) is 5.64. The summed E-state index contributed by atoms with van der Waals surface area (Å²) in [4.78, 5) is 11.9. The Hall–Kier alpha value is -2.69. The number of benzene rings is 2. The van der Waals surface area contributed by atoms with Crippen molar-refractivity contribution in [1.82, 2.24) is 5.32 Å². The largest absolute Gasteiger partial charge is 0.491 e. The molecule has 1 N–H and O–H groups in total. The van der Waals surface area contributed by atoms with Crippen LogP contribution >= 0.6 is 0 Å². The van der Waals surface area contributed by atoms with Crippen molar-refractivity contribution in [2.75, 3.05) is 26.4 Å². The van der Waals surface area contributed by atoms with Crippen molar-refractivity contribution in [3.63, 3.8) is 0 Å². The lowest BCUT2D eigenvalue weighted by atomic mass is 10.1. The average molecular weight is 343 g/mol. The molecule has 0 saturated carbocycles. The number of hydrogen-bond acceptors (Lipinski definition) is 4. The molecule has 0 spiro atoms. The normalized spacial score (nSPS) is 10.2. The van der Waals surface area contributed by atoms with Crippen LogP contribution in [0.15, 0.2) is 42.5 Å². The molecule has 25 heavy (non-hydrogen) atoms. The van der Waals surface area contributed by atoms with E-state index in [0.717, 1.165) is 11.3 Å². The minimum absolute atomic E-state index is 0.0619. The third kappa shape index (κ3) is 6.03. The van der Waals surface area contributed by atoms with Gasteiger partial charge in [-0.3, -0.25) is 4.79 Å². The summed E-state index contributed by atoms with van der Waals surface area (Å²) < 4.78 is 16.7. The fourth-order valence-electron chi connectivity index (χ4n) is 2.35. The summed E-state index contributed by atoms with van der Waals surface area (Å²) in [6.07, 6.45) is 0. The van der Waals surface area contributed by atoms with Crippen LogP contribution in [0.3, 0.4) is 0 Å². The zero-order valence-electron chi connectivity index (χ0n) is 15.0. The van der Waals surface area contributed by atoms with Gasteiger partial charge >= 0.3 is 0 Å². The minimum Gasteiger partial charge on any atom is -0.491 e. The van der Waals surface area contributed by atoms with Gasteiger partial charge in [0.15, 0.2) is 18.1 Å². The summed E-state index contributed by atoms with van der Waals surface area (Å²) in [5.41, 5.74) is 2.28. The van der Waals surface area contributed by atoms with Crippen LogP contribution in [0, 0.1) is 13.8 Å². The Balaban J connectivity index is 1.71. The molecule has 2 aromatic rings. The van der Waals surface area contributed by atoms with Crippen molar-refractivity contribution in [1.29, 1.82) is 0 Å². The smallest absolute Gasteiger partial charge is 0.258 e. The summed E-state index contributed by atoms with van der Waals surface area (Å²) in [5.74, 6) is 1.83. The molecule has 0 unspecified atom stereocenters. The lowest BCUT2D eigenvalue weighted by molar-refractivity contribution is -0.123. The number of amides is 1. The van der Waals surface area contributed by atoms with Crippen molar-refractivity contribution in [2.45, 2.75) is 20.8 Å². The van der Waals surface area contributed by atoms with Crippen LogP contribution in [-0.4, -0.2) is 32.3 Å². The van der Waals surface area contributed by atoms with Gasteiger partial charge in [0.2, 0.25) is 0 Å². The molecule has 2 aromatic carbocycles. The molecular formula is C20H25NO4. The van der Waals surface area contributed by atoms with E-state index >= 15 is 0 Å². The number of hydrogen-bond donors (Lipinski definition) is 1. The van der Waals surface area contributed by atoms with Gasteiger partial charge in [-0.1, -0.05) is 29.8 Å². The molecule has 0 aliphatic heterocycles. The summed E-state index contributed by atoms with van der Waals surface area (Å²) in [6, 6.07) is 13.3. The SMILES string of the molecule is CCOc1ccccc1OCC(=O)NCCOc1ccc(C)cc1C. The highest BCUT2D eigenvalue weighted by molar-refractivity contribution is 5.77. The van der Waals surface area contributed by atoms with Crippen LogP contribution < -0.4 is 19.5 Å². The first-order valence-electron chi connectivity index (χ1n) is 8.41. The Morgan fingerprint density at radius 1 is 0.960 bits per heavy atom. The number of nitrogens with one attached hydrogen (secondary N) is 1. The lowest BCUT2D eigenvalue weighted by Gasteiger charge is -2.12. The van der Waals surface area contributed by atoms with Crippen molar-refractivity contribution in [3.8, 4) is 17.2 Å². The van der Waals surface area contributed by atoms with E-state index in [4.69, 9.17) is 14.2 Å². The van der Waals surface area contributed by atoms with Crippen molar-refractivity contribution < 1.29 is 19.0 Å². The molecular weight excluding hydrogens is 318 g/mol. The van der Waals surface area contributed by atoms with E-state index < -0.39 is 0 Å².